The van der Waals surface area contributed by atoms with Crippen LogP contribution < -0.4 is 0 Å². The van der Waals surface area contributed by atoms with Gasteiger partial charge in [-0.1, -0.05) is 11.3 Å². The zero-order chi connectivity index (χ0) is 12.1. The van der Waals surface area contributed by atoms with Gasteiger partial charge < -0.3 is 0 Å². The van der Waals surface area contributed by atoms with Gasteiger partial charge in [0.15, 0.2) is 10.2 Å². The molecule has 16 heavy (non-hydrogen) atoms. The van der Waals surface area contributed by atoms with Crippen LogP contribution in [0.1, 0.15) is 11.3 Å². The van der Waals surface area contributed by atoms with Crippen LogP contribution in [0.2, 0.25) is 0 Å². The first-order valence-electron chi connectivity index (χ1n) is 3.98. The number of allylic oxidation sites excluding steroid dienone is 1. The Morgan fingerprint density at radius 3 is 2.75 bits per heavy atom. The number of hydrogen-bond acceptors (Lipinski definition) is 4. The van der Waals surface area contributed by atoms with Crippen molar-refractivity contribution < 1.29 is 17.4 Å². The highest BCUT2D eigenvalue weighted by Gasteiger charge is 2.12. The van der Waals surface area contributed by atoms with Crippen molar-refractivity contribution in [3.8, 4) is 6.07 Å². The van der Waals surface area contributed by atoms with Gasteiger partial charge in [0.25, 0.3) is 0 Å². The second-order valence-corrected chi connectivity index (χ2v) is 5.34. The van der Waals surface area contributed by atoms with E-state index in [0.717, 1.165) is 11.3 Å². The van der Waals surface area contributed by atoms with E-state index in [1.807, 2.05) is 0 Å². The molecule has 0 fully saturated rings. The predicted molar refractivity (Wildman–Crippen MR) is 53.1 cm³/mol. The molecule has 0 saturated heterocycles. The minimum Gasteiger partial charge on any atom is -0.252 e. The van der Waals surface area contributed by atoms with Crippen LogP contribution in [0.15, 0.2) is 22.4 Å². The highest BCUT2D eigenvalue weighted by Crippen LogP contribution is 2.19. The summed E-state index contributed by atoms with van der Waals surface area (Å²) in [5, 5.41) is 8.48. The Kier molecular flexibility index (Phi) is 4.64. The minimum absolute atomic E-state index is 0.142. The molecule has 0 radical (unpaired) electrons. The summed E-state index contributed by atoms with van der Waals surface area (Å²) >= 11 is 0.903. The monoisotopic (exact) mass is 266 g/mol. The summed E-state index contributed by atoms with van der Waals surface area (Å²) < 4.78 is 47.3. The third-order valence-corrected chi connectivity index (χ3v) is 4.08. The van der Waals surface area contributed by atoms with Crippen molar-refractivity contribution in [2.75, 3.05) is 5.75 Å². The van der Waals surface area contributed by atoms with E-state index in [9.17, 15) is 17.4 Å². The van der Waals surface area contributed by atoms with Gasteiger partial charge in [0.05, 0.1) is 17.0 Å². The molecule has 1 aromatic rings. The average molecular weight is 266 g/mol. The SMILES string of the molecule is N#Cc1cnc(S(=O)CCC(F)=C(F)F)s1. The Morgan fingerprint density at radius 2 is 2.25 bits per heavy atom. The highest BCUT2D eigenvalue weighted by atomic mass is 32.2. The normalized spacial score (nSPS) is 11.9. The summed E-state index contributed by atoms with van der Waals surface area (Å²) in [6.45, 7) is 0. The van der Waals surface area contributed by atoms with Crippen LogP contribution in [0.3, 0.4) is 0 Å². The van der Waals surface area contributed by atoms with E-state index in [0.29, 0.717) is 0 Å². The zero-order valence-corrected chi connectivity index (χ0v) is 9.38. The van der Waals surface area contributed by atoms with Gasteiger partial charge >= 0.3 is 6.08 Å². The molecule has 0 amide bonds. The van der Waals surface area contributed by atoms with Gasteiger partial charge in [-0.25, -0.2) is 9.37 Å². The van der Waals surface area contributed by atoms with Crippen LogP contribution >= 0.6 is 11.3 Å². The first-order valence-corrected chi connectivity index (χ1v) is 6.12. The van der Waals surface area contributed by atoms with Gasteiger partial charge in [0, 0.05) is 12.2 Å². The average Bonchev–Trinajstić information content (AvgIpc) is 2.73. The van der Waals surface area contributed by atoms with E-state index >= 15 is 0 Å². The van der Waals surface area contributed by atoms with E-state index in [4.69, 9.17) is 5.26 Å². The molecular formula is C8H5F3N2OS2. The highest BCUT2D eigenvalue weighted by molar-refractivity contribution is 7.87. The van der Waals surface area contributed by atoms with Gasteiger partial charge in [-0.15, -0.1) is 0 Å². The molecule has 0 aliphatic carbocycles. The largest absolute Gasteiger partial charge is 0.301 e. The van der Waals surface area contributed by atoms with Gasteiger partial charge in [0.2, 0.25) is 0 Å². The van der Waals surface area contributed by atoms with Gasteiger partial charge in [0.1, 0.15) is 10.9 Å². The summed E-state index contributed by atoms with van der Waals surface area (Å²) in [4.78, 5) is 3.95. The first kappa shape index (κ1) is 12.9. The predicted octanol–water partition coefficient (Wildman–Crippen LogP) is 2.59. The van der Waals surface area contributed by atoms with E-state index in [1.165, 1.54) is 6.20 Å². The van der Waals surface area contributed by atoms with E-state index in [2.05, 4.69) is 4.98 Å². The standard InChI is InChI=1S/C8H5F3N2OS2/c9-6(7(10)11)1-2-16(14)8-13-4-5(3-12)15-8/h4H,1-2H2. The fourth-order valence-electron chi connectivity index (χ4n) is 0.779. The Bertz CT molecular complexity index is 474. The maximum absolute atomic E-state index is 12.4. The second kappa shape index (κ2) is 5.77. The topological polar surface area (TPSA) is 53.8 Å². The number of aromatic nitrogens is 1. The lowest BCUT2D eigenvalue weighted by molar-refractivity contribution is 0.373. The fraction of sp³-hybridized carbons (Fsp3) is 0.250. The van der Waals surface area contributed by atoms with Crippen molar-refractivity contribution >= 4 is 22.1 Å². The van der Waals surface area contributed by atoms with E-state index < -0.39 is 29.1 Å². The molecule has 0 spiro atoms. The van der Waals surface area contributed by atoms with Crippen molar-refractivity contribution in [3.05, 3.63) is 23.0 Å². The van der Waals surface area contributed by atoms with Crippen LogP contribution in [0, 0.1) is 11.3 Å². The molecule has 8 heteroatoms. The molecule has 1 unspecified atom stereocenters. The summed E-state index contributed by atoms with van der Waals surface area (Å²) in [6, 6.07) is 1.80. The minimum atomic E-state index is -2.39. The molecular weight excluding hydrogens is 261 g/mol. The molecule has 0 bridgehead atoms. The van der Waals surface area contributed by atoms with E-state index in [1.54, 1.807) is 6.07 Å². The smallest absolute Gasteiger partial charge is 0.252 e. The van der Waals surface area contributed by atoms with Crippen molar-refractivity contribution in [2.24, 2.45) is 0 Å². The molecule has 0 aliphatic heterocycles. The Morgan fingerprint density at radius 1 is 1.56 bits per heavy atom. The van der Waals surface area contributed by atoms with Crippen molar-refractivity contribution in [3.63, 3.8) is 0 Å². The number of thiazole rings is 1. The van der Waals surface area contributed by atoms with Gasteiger partial charge in [-0.2, -0.15) is 14.0 Å². The van der Waals surface area contributed by atoms with Crippen LogP contribution in [0.4, 0.5) is 13.2 Å². The Hall–Kier alpha value is -1.20. The number of nitriles is 1. The van der Waals surface area contributed by atoms with E-state index in [-0.39, 0.29) is 15.0 Å². The lowest BCUT2D eigenvalue weighted by Crippen LogP contribution is -1.98. The zero-order valence-electron chi connectivity index (χ0n) is 7.74. The summed E-state index contributed by atoms with van der Waals surface area (Å²) in [6.07, 6.45) is -1.76. The lowest BCUT2D eigenvalue weighted by atomic mass is 10.4. The fourth-order valence-corrected chi connectivity index (χ4v) is 2.82. The van der Waals surface area contributed by atoms with Crippen molar-refractivity contribution in [1.82, 2.24) is 4.98 Å². The molecule has 1 aromatic heterocycles. The molecule has 1 heterocycles. The maximum atomic E-state index is 12.4. The molecule has 1 atom stereocenters. The number of rotatable bonds is 4. The molecule has 0 N–H and O–H groups in total. The molecule has 0 aliphatic rings. The van der Waals surface area contributed by atoms with Crippen LogP contribution in [-0.2, 0) is 10.8 Å². The molecule has 3 nitrogen and oxygen atoms in total. The summed E-state index contributed by atoms with van der Waals surface area (Å²) in [5.74, 6) is -1.84. The number of nitrogens with zero attached hydrogens (tertiary/aromatic N) is 2. The third kappa shape index (κ3) is 3.43. The molecule has 1 rings (SSSR count). The number of hydrogen-bond donors (Lipinski definition) is 0. The third-order valence-electron chi connectivity index (χ3n) is 1.50. The maximum Gasteiger partial charge on any atom is 0.301 e. The molecule has 0 aromatic carbocycles. The summed E-state index contributed by atoms with van der Waals surface area (Å²) in [7, 11) is -1.65. The Labute approximate surface area is 95.7 Å². The molecule has 86 valence electrons. The second-order valence-electron chi connectivity index (χ2n) is 2.57. The van der Waals surface area contributed by atoms with Crippen LogP contribution in [-0.4, -0.2) is 14.9 Å². The number of halogens is 3. The van der Waals surface area contributed by atoms with Crippen LogP contribution in [0.5, 0.6) is 0 Å². The van der Waals surface area contributed by atoms with Gasteiger partial charge in [-0.3, -0.25) is 4.21 Å². The summed E-state index contributed by atoms with van der Waals surface area (Å²) in [5.41, 5.74) is 0. The van der Waals surface area contributed by atoms with Crippen molar-refractivity contribution in [1.29, 1.82) is 5.26 Å². The van der Waals surface area contributed by atoms with Crippen LogP contribution in [0.25, 0.3) is 0 Å². The first-order chi connectivity index (χ1) is 7.54. The van der Waals surface area contributed by atoms with Gasteiger partial charge in [-0.05, 0) is 0 Å². The lowest BCUT2D eigenvalue weighted by Gasteiger charge is -1.95. The molecule has 0 saturated carbocycles. The Balaban J connectivity index is 2.61. The quantitative estimate of drug-likeness (QED) is 0.841. The van der Waals surface area contributed by atoms with Crippen molar-refractivity contribution in [2.45, 2.75) is 10.8 Å².